The first-order chi connectivity index (χ1) is 18.8. The number of morpholine rings is 1. The number of benzene rings is 2. The number of aromatic nitrogens is 3. The minimum absolute atomic E-state index is 0.218. The van der Waals surface area contributed by atoms with Gasteiger partial charge in [-0.3, -0.25) is 9.88 Å². The monoisotopic (exact) mass is 561 g/mol. The van der Waals surface area contributed by atoms with Crippen LogP contribution in [0.4, 0.5) is 37.8 Å². The standard InChI is InChI=1S/C28H25F6N5O/c1-26(2)15-39(10-11-40-26)14-18-12-19(27(29,30)31)6-8-22(18)38-25-20-7-5-17(13-23(20)36-16-37-25)24-21(28(32,33)34)4-3-9-35-24/h3-9,12-13,16H,10-11,14-15H2,1-2H3,(H,36,37,38). The summed E-state index contributed by atoms with van der Waals surface area (Å²) in [4.78, 5) is 14.4. The van der Waals surface area contributed by atoms with Gasteiger partial charge in [0.2, 0.25) is 0 Å². The number of pyridine rings is 1. The number of hydrogen-bond acceptors (Lipinski definition) is 6. The van der Waals surface area contributed by atoms with Crippen LogP contribution in [0, 0.1) is 0 Å². The molecule has 6 nitrogen and oxygen atoms in total. The van der Waals surface area contributed by atoms with Crippen molar-refractivity contribution in [1.29, 1.82) is 0 Å². The van der Waals surface area contributed by atoms with E-state index in [4.69, 9.17) is 4.74 Å². The summed E-state index contributed by atoms with van der Waals surface area (Å²) in [6.45, 7) is 5.65. The fourth-order valence-corrected chi connectivity index (χ4v) is 4.81. The van der Waals surface area contributed by atoms with Crippen LogP contribution in [0.1, 0.15) is 30.5 Å². The zero-order valence-electron chi connectivity index (χ0n) is 21.6. The maximum Gasteiger partial charge on any atom is 0.418 e. The van der Waals surface area contributed by atoms with Gasteiger partial charge in [-0.1, -0.05) is 6.07 Å². The topological polar surface area (TPSA) is 63.2 Å². The highest BCUT2D eigenvalue weighted by Gasteiger charge is 2.35. The summed E-state index contributed by atoms with van der Waals surface area (Å²) in [6.07, 6.45) is -6.59. The van der Waals surface area contributed by atoms with Gasteiger partial charge in [-0.25, -0.2) is 9.97 Å². The molecule has 0 spiro atoms. The van der Waals surface area contributed by atoms with E-state index >= 15 is 0 Å². The van der Waals surface area contributed by atoms with Crippen molar-refractivity contribution in [2.75, 3.05) is 25.0 Å². The minimum atomic E-state index is -4.59. The summed E-state index contributed by atoms with van der Waals surface area (Å²) in [6, 6.07) is 10.2. The first-order valence-electron chi connectivity index (χ1n) is 12.4. The van der Waals surface area contributed by atoms with E-state index in [2.05, 4.69) is 20.3 Å². The van der Waals surface area contributed by atoms with Crippen LogP contribution in [0.2, 0.25) is 0 Å². The van der Waals surface area contributed by atoms with Crippen LogP contribution in [0.5, 0.6) is 0 Å². The number of ether oxygens (including phenoxy) is 1. The van der Waals surface area contributed by atoms with Crippen molar-refractivity contribution in [3.05, 3.63) is 77.7 Å². The van der Waals surface area contributed by atoms with Crippen LogP contribution in [0.3, 0.4) is 0 Å². The third-order valence-electron chi connectivity index (χ3n) is 6.61. The van der Waals surface area contributed by atoms with Crippen molar-refractivity contribution in [2.24, 2.45) is 0 Å². The first kappa shape index (κ1) is 27.8. The summed E-state index contributed by atoms with van der Waals surface area (Å²) in [7, 11) is 0. The lowest BCUT2D eigenvalue weighted by atomic mass is 10.0. The number of halogens is 6. The first-order valence-corrected chi connectivity index (χ1v) is 12.4. The zero-order chi connectivity index (χ0) is 28.7. The summed E-state index contributed by atoms with van der Waals surface area (Å²) in [5.74, 6) is 0.303. The van der Waals surface area contributed by atoms with Crippen LogP contribution in [-0.4, -0.2) is 45.1 Å². The number of rotatable bonds is 5. The number of nitrogens with one attached hydrogen (secondary N) is 1. The quantitative estimate of drug-likeness (QED) is 0.263. The Labute approximate surface area is 226 Å². The molecule has 0 bridgehead atoms. The van der Waals surface area contributed by atoms with Gasteiger partial charge in [0.15, 0.2) is 0 Å². The van der Waals surface area contributed by atoms with E-state index in [9.17, 15) is 26.3 Å². The van der Waals surface area contributed by atoms with Crippen molar-refractivity contribution < 1.29 is 31.1 Å². The molecule has 1 aliphatic rings. The smallest absolute Gasteiger partial charge is 0.373 e. The van der Waals surface area contributed by atoms with Gasteiger partial charge in [0.25, 0.3) is 0 Å². The molecule has 0 radical (unpaired) electrons. The van der Waals surface area contributed by atoms with Crippen LogP contribution in [0.25, 0.3) is 22.2 Å². The highest BCUT2D eigenvalue weighted by molar-refractivity contribution is 5.93. The number of alkyl halides is 6. The average Bonchev–Trinajstić information content (AvgIpc) is 2.88. The molecule has 1 N–H and O–H groups in total. The van der Waals surface area contributed by atoms with Crippen LogP contribution >= 0.6 is 0 Å². The Hall–Kier alpha value is -3.77. The Kier molecular flexibility index (Phi) is 7.17. The van der Waals surface area contributed by atoms with Crippen molar-refractivity contribution in [2.45, 2.75) is 38.3 Å². The van der Waals surface area contributed by atoms with Crippen molar-refractivity contribution in [1.82, 2.24) is 19.9 Å². The fourth-order valence-electron chi connectivity index (χ4n) is 4.81. The number of anilines is 2. The molecule has 3 heterocycles. The van der Waals surface area contributed by atoms with Crippen molar-refractivity contribution in [3.63, 3.8) is 0 Å². The Morgan fingerprint density at radius 3 is 2.48 bits per heavy atom. The summed E-state index contributed by atoms with van der Waals surface area (Å²) >= 11 is 0. The average molecular weight is 562 g/mol. The number of hydrogen-bond donors (Lipinski definition) is 1. The molecule has 2 aromatic heterocycles. The van der Waals surface area contributed by atoms with Crippen LogP contribution in [-0.2, 0) is 23.6 Å². The molecule has 1 saturated heterocycles. The summed E-state index contributed by atoms with van der Waals surface area (Å²) in [5, 5.41) is 3.61. The zero-order valence-corrected chi connectivity index (χ0v) is 21.6. The molecule has 12 heteroatoms. The van der Waals surface area contributed by atoms with E-state index < -0.39 is 29.1 Å². The Balaban J connectivity index is 1.51. The molecule has 210 valence electrons. The Bertz CT molecular complexity index is 1540. The van der Waals surface area contributed by atoms with Gasteiger partial charge in [-0.2, -0.15) is 26.3 Å². The van der Waals surface area contributed by atoms with E-state index in [0.29, 0.717) is 47.7 Å². The Morgan fingerprint density at radius 1 is 0.950 bits per heavy atom. The number of nitrogens with zero attached hydrogens (tertiary/aromatic N) is 4. The molecule has 0 unspecified atom stereocenters. The van der Waals surface area contributed by atoms with Gasteiger partial charge in [0.05, 0.1) is 34.5 Å². The van der Waals surface area contributed by atoms with Gasteiger partial charge in [0, 0.05) is 42.5 Å². The van der Waals surface area contributed by atoms with Crippen LogP contribution < -0.4 is 5.32 Å². The molecular formula is C28H25F6N5O. The molecule has 0 aliphatic carbocycles. The SMILES string of the molecule is CC1(C)CN(Cc2cc(C(F)(F)F)ccc2Nc2ncnc3cc(-c4ncccc4C(F)(F)F)ccc23)CCO1. The third-order valence-corrected chi connectivity index (χ3v) is 6.61. The molecular weight excluding hydrogens is 536 g/mol. The van der Waals surface area contributed by atoms with E-state index in [-0.39, 0.29) is 17.8 Å². The number of fused-ring (bicyclic) bond motifs is 1. The molecule has 5 rings (SSSR count). The van der Waals surface area contributed by atoms with Gasteiger partial charge in [-0.05, 0) is 61.9 Å². The van der Waals surface area contributed by atoms with E-state index in [1.807, 2.05) is 18.7 Å². The molecule has 1 aliphatic heterocycles. The molecule has 4 aromatic rings. The Morgan fingerprint density at radius 2 is 1.75 bits per heavy atom. The second-order valence-electron chi connectivity index (χ2n) is 10.2. The van der Waals surface area contributed by atoms with Crippen molar-refractivity contribution >= 4 is 22.4 Å². The fraction of sp³-hybridized carbons (Fsp3) is 0.321. The summed E-state index contributed by atoms with van der Waals surface area (Å²) in [5.41, 5.74) is -0.912. The van der Waals surface area contributed by atoms with E-state index in [1.54, 1.807) is 6.07 Å². The second-order valence-corrected chi connectivity index (χ2v) is 10.2. The minimum Gasteiger partial charge on any atom is -0.373 e. The molecule has 2 aromatic carbocycles. The predicted molar refractivity (Wildman–Crippen MR) is 138 cm³/mol. The predicted octanol–water partition coefficient (Wildman–Crippen LogP) is 7.08. The van der Waals surface area contributed by atoms with Gasteiger partial charge in [-0.15, -0.1) is 0 Å². The van der Waals surface area contributed by atoms with Gasteiger partial charge < -0.3 is 10.1 Å². The molecule has 0 saturated carbocycles. The van der Waals surface area contributed by atoms with E-state index in [1.165, 1.54) is 36.8 Å². The lowest BCUT2D eigenvalue weighted by molar-refractivity contribution is -0.138. The second kappa shape index (κ2) is 10.3. The summed E-state index contributed by atoms with van der Waals surface area (Å²) < 4.78 is 87.1. The normalized spacial score (nSPS) is 16.3. The molecule has 40 heavy (non-hydrogen) atoms. The highest BCUT2D eigenvalue weighted by Crippen LogP contribution is 2.38. The van der Waals surface area contributed by atoms with E-state index in [0.717, 1.165) is 18.2 Å². The largest absolute Gasteiger partial charge is 0.418 e. The molecule has 0 amide bonds. The van der Waals surface area contributed by atoms with Gasteiger partial charge >= 0.3 is 12.4 Å². The lowest BCUT2D eigenvalue weighted by Crippen LogP contribution is -2.47. The maximum atomic E-state index is 13.6. The van der Waals surface area contributed by atoms with Gasteiger partial charge in [0.1, 0.15) is 12.1 Å². The lowest BCUT2D eigenvalue weighted by Gasteiger charge is -2.38. The maximum absolute atomic E-state index is 13.6. The van der Waals surface area contributed by atoms with Crippen molar-refractivity contribution in [3.8, 4) is 11.3 Å². The molecule has 0 atom stereocenters. The third kappa shape index (κ3) is 6.02. The van der Waals surface area contributed by atoms with Crippen LogP contribution in [0.15, 0.2) is 61.1 Å². The highest BCUT2D eigenvalue weighted by atomic mass is 19.4. The molecule has 1 fully saturated rings.